The van der Waals surface area contributed by atoms with Gasteiger partial charge in [0.1, 0.15) is 5.82 Å². The van der Waals surface area contributed by atoms with Gasteiger partial charge < -0.3 is 19.5 Å². The van der Waals surface area contributed by atoms with E-state index in [4.69, 9.17) is 4.74 Å². The summed E-state index contributed by atoms with van der Waals surface area (Å²) in [5.74, 6) is 1.000. The maximum Gasteiger partial charge on any atom is 0.150 e. The molecule has 0 spiro atoms. The van der Waals surface area contributed by atoms with Crippen LogP contribution in [0.2, 0.25) is 0 Å². The molecule has 1 unspecified atom stereocenters. The summed E-state index contributed by atoms with van der Waals surface area (Å²) in [6.07, 6.45) is 4.97. The number of ether oxygens (including phenoxy) is 1. The lowest BCUT2D eigenvalue weighted by molar-refractivity contribution is 0.112. The van der Waals surface area contributed by atoms with E-state index in [2.05, 4.69) is 58.0 Å². The van der Waals surface area contributed by atoms with Crippen molar-refractivity contribution in [3.05, 3.63) is 47.8 Å². The van der Waals surface area contributed by atoms with E-state index >= 15 is 0 Å². The van der Waals surface area contributed by atoms with Gasteiger partial charge in [0.25, 0.3) is 0 Å². The first-order valence-corrected chi connectivity index (χ1v) is 10.1. The molecule has 1 saturated heterocycles. The van der Waals surface area contributed by atoms with Gasteiger partial charge in [0, 0.05) is 67.7 Å². The van der Waals surface area contributed by atoms with E-state index in [0.29, 0.717) is 12.2 Å². The number of piperazine rings is 1. The van der Waals surface area contributed by atoms with Gasteiger partial charge in [-0.2, -0.15) is 0 Å². The quantitative estimate of drug-likeness (QED) is 0.651. The molecule has 0 saturated carbocycles. The second-order valence-corrected chi connectivity index (χ2v) is 7.74. The zero-order valence-electron chi connectivity index (χ0n) is 17.3. The molecule has 2 aromatic heterocycles. The van der Waals surface area contributed by atoms with Crippen molar-refractivity contribution in [3.63, 3.8) is 0 Å². The van der Waals surface area contributed by atoms with Gasteiger partial charge in [0.2, 0.25) is 0 Å². The van der Waals surface area contributed by atoms with E-state index in [1.807, 2.05) is 12.3 Å². The predicted molar refractivity (Wildman–Crippen MR) is 117 cm³/mol. The summed E-state index contributed by atoms with van der Waals surface area (Å²) < 4.78 is 7.55. The number of aryl methyl sites for hydroxylation is 1. The minimum Gasteiger partial charge on any atom is -0.383 e. The monoisotopic (exact) mass is 392 g/mol. The highest BCUT2D eigenvalue weighted by Crippen LogP contribution is 2.32. The van der Waals surface area contributed by atoms with Crippen LogP contribution < -0.4 is 10.2 Å². The van der Waals surface area contributed by atoms with Crippen LogP contribution in [0, 0.1) is 6.92 Å². The fourth-order valence-electron chi connectivity index (χ4n) is 4.21. The Hall–Kier alpha value is -2.70. The SMILES string of the molecule is COCC(C)n1cc(C)c2c(C=O)cc(-c3ccc(N4CCNCC4)nc3)cc21. The fourth-order valence-corrected chi connectivity index (χ4v) is 4.21. The number of hydrogen-bond donors (Lipinski definition) is 1. The van der Waals surface area contributed by atoms with Crippen molar-refractivity contribution in [1.82, 2.24) is 14.9 Å². The Kier molecular flexibility index (Phi) is 5.65. The highest BCUT2D eigenvalue weighted by molar-refractivity contribution is 6.02. The number of pyridine rings is 1. The summed E-state index contributed by atoms with van der Waals surface area (Å²) in [6, 6.07) is 8.47. The van der Waals surface area contributed by atoms with E-state index in [1.54, 1.807) is 7.11 Å². The summed E-state index contributed by atoms with van der Waals surface area (Å²) in [6.45, 7) is 8.70. The van der Waals surface area contributed by atoms with Gasteiger partial charge >= 0.3 is 0 Å². The second-order valence-electron chi connectivity index (χ2n) is 7.74. The average Bonchev–Trinajstić information content (AvgIpc) is 3.11. The van der Waals surface area contributed by atoms with Gasteiger partial charge in [-0.05, 0) is 49.2 Å². The van der Waals surface area contributed by atoms with Crippen molar-refractivity contribution >= 4 is 23.0 Å². The third-order valence-corrected chi connectivity index (χ3v) is 5.69. The van der Waals surface area contributed by atoms with Crippen LogP contribution in [0.4, 0.5) is 5.82 Å². The Bertz CT molecular complexity index is 1000. The molecule has 0 radical (unpaired) electrons. The van der Waals surface area contributed by atoms with E-state index < -0.39 is 0 Å². The van der Waals surface area contributed by atoms with Crippen molar-refractivity contribution in [2.75, 3.05) is 44.8 Å². The van der Waals surface area contributed by atoms with E-state index in [9.17, 15) is 4.79 Å². The van der Waals surface area contributed by atoms with Crippen LogP contribution in [-0.2, 0) is 4.74 Å². The Labute approximate surface area is 171 Å². The summed E-state index contributed by atoms with van der Waals surface area (Å²) in [5, 5.41) is 4.37. The summed E-state index contributed by atoms with van der Waals surface area (Å²) >= 11 is 0. The van der Waals surface area contributed by atoms with Gasteiger partial charge in [-0.25, -0.2) is 4.98 Å². The molecule has 6 heteroatoms. The zero-order chi connectivity index (χ0) is 20.4. The van der Waals surface area contributed by atoms with Crippen molar-refractivity contribution < 1.29 is 9.53 Å². The van der Waals surface area contributed by atoms with E-state index in [0.717, 1.165) is 65.9 Å². The largest absolute Gasteiger partial charge is 0.383 e. The molecule has 0 bridgehead atoms. The molecule has 1 aliphatic heterocycles. The number of hydrogen-bond acceptors (Lipinski definition) is 5. The molecule has 3 heterocycles. The minimum absolute atomic E-state index is 0.180. The zero-order valence-corrected chi connectivity index (χ0v) is 17.3. The first-order chi connectivity index (χ1) is 14.1. The molecule has 0 aliphatic carbocycles. The van der Waals surface area contributed by atoms with Crippen LogP contribution in [0.1, 0.15) is 28.9 Å². The molecule has 1 aromatic carbocycles. The Balaban J connectivity index is 1.75. The molecule has 1 fully saturated rings. The third-order valence-electron chi connectivity index (χ3n) is 5.69. The Morgan fingerprint density at radius 2 is 2.03 bits per heavy atom. The van der Waals surface area contributed by atoms with Crippen molar-refractivity contribution in [1.29, 1.82) is 0 Å². The van der Waals surface area contributed by atoms with Crippen LogP contribution in [0.25, 0.3) is 22.0 Å². The lowest BCUT2D eigenvalue weighted by atomic mass is 10.00. The van der Waals surface area contributed by atoms with Crippen LogP contribution in [0.15, 0.2) is 36.7 Å². The van der Waals surface area contributed by atoms with E-state index in [1.165, 1.54) is 0 Å². The van der Waals surface area contributed by atoms with Gasteiger partial charge in [0.15, 0.2) is 6.29 Å². The first-order valence-electron chi connectivity index (χ1n) is 10.1. The van der Waals surface area contributed by atoms with Crippen LogP contribution in [-0.4, -0.2) is 55.7 Å². The lowest BCUT2D eigenvalue weighted by Crippen LogP contribution is -2.43. The van der Waals surface area contributed by atoms with Gasteiger partial charge in [-0.15, -0.1) is 0 Å². The Morgan fingerprint density at radius 1 is 1.24 bits per heavy atom. The smallest absolute Gasteiger partial charge is 0.150 e. The summed E-state index contributed by atoms with van der Waals surface area (Å²) in [7, 11) is 1.71. The molecule has 1 aliphatic rings. The van der Waals surface area contributed by atoms with Crippen molar-refractivity contribution in [2.24, 2.45) is 0 Å². The van der Waals surface area contributed by atoms with Crippen molar-refractivity contribution in [3.8, 4) is 11.1 Å². The lowest BCUT2D eigenvalue weighted by Gasteiger charge is -2.28. The molecule has 6 nitrogen and oxygen atoms in total. The first kappa shape index (κ1) is 19.6. The highest BCUT2D eigenvalue weighted by atomic mass is 16.5. The molecular weight excluding hydrogens is 364 g/mol. The molecular formula is C23H28N4O2. The minimum atomic E-state index is 0.180. The van der Waals surface area contributed by atoms with Gasteiger partial charge in [-0.3, -0.25) is 4.79 Å². The van der Waals surface area contributed by atoms with Crippen molar-refractivity contribution in [2.45, 2.75) is 19.9 Å². The summed E-state index contributed by atoms with van der Waals surface area (Å²) in [5.41, 5.74) is 4.88. The molecule has 3 aromatic rings. The van der Waals surface area contributed by atoms with Gasteiger partial charge in [-0.1, -0.05) is 0 Å². The highest BCUT2D eigenvalue weighted by Gasteiger charge is 2.16. The number of nitrogens with one attached hydrogen (secondary N) is 1. The maximum atomic E-state index is 11.9. The van der Waals surface area contributed by atoms with E-state index in [-0.39, 0.29) is 6.04 Å². The number of anilines is 1. The normalized spacial score (nSPS) is 15.6. The summed E-state index contributed by atoms with van der Waals surface area (Å²) in [4.78, 5) is 18.8. The van der Waals surface area contributed by atoms with Crippen LogP contribution in [0.3, 0.4) is 0 Å². The topological polar surface area (TPSA) is 59.4 Å². The number of nitrogens with zero attached hydrogens (tertiary/aromatic N) is 3. The third kappa shape index (κ3) is 3.78. The Morgan fingerprint density at radius 3 is 2.69 bits per heavy atom. The fraction of sp³-hybridized carbons (Fsp3) is 0.391. The number of aldehydes is 1. The molecule has 1 N–H and O–H groups in total. The van der Waals surface area contributed by atoms with Gasteiger partial charge in [0.05, 0.1) is 12.6 Å². The molecule has 152 valence electrons. The average molecular weight is 393 g/mol. The molecule has 0 amide bonds. The molecule has 4 rings (SSSR count). The molecule has 29 heavy (non-hydrogen) atoms. The number of rotatable bonds is 6. The number of aromatic nitrogens is 2. The number of carbonyl (C=O) groups is 1. The number of carbonyl (C=O) groups excluding carboxylic acids is 1. The van der Waals surface area contributed by atoms with Crippen LogP contribution >= 0.6 is 0 Å². The second kappa shape index (κ2) is 8.35. The molecule has 1 atom stereocenters. The predicted octanol–water partition coefficient (Wildman–Crippen LogP) is 3.44. The number of benzene rings is 1. The maximum absolute atomic E-state index is 11.9. The standard InChI is InChI=1S/C23H28N4O2/c1-16-13-27(17(2)15-29-3)21-11-19(10-20(14-28)23(16)21)18-4-5-22(25-12-18)26-8-6-24-7-9-26/h4-5,10-14,17,24H,6-9,15H2,1-3H3. The van der Waals surface area contributed by atoms with Crippen LogP contribution in [0.5, 0.6) is 0 Å². The number of methoxy groups -OCH3 is 1. The number of fused-ring (bicyclic) bond motifs is 1.